The number of hydrogen-bond donors (Lipinski definition) is 2. The zero-order valence-corrected chi connectivity index (χ0v) is 13.8. The Balaban J connectivity index is 1.76. The van der Waals surface area contributed by atoms with Gasteiger partial charge in [-0.05, 0) is 14.0 Å². The fourth-order valence-electron chi connectivity index (χ4n) is 3.23. The van der Waals surface area contributed by atoms with Crippen LogP contribution in [0.25, 0.3) is 0 Å². The molecular formula is C14H23ClN6O. The SMILES string of the molecule is Cc1nc(N)nc(N2C[C@H](O)[C@@H](N3CCN(C)CC3)C2)c1Cl. The number of aliphatic hydroxyl groups is 1. The Kier molecular flexibility index (Phi) is 4.40. The van der Waals surface area contributed by atoms with Crippen LogP contribution in [0.4, 0.5) is 11.8 Å². The summed E-state index contributed by atoms with van der Waals surface area (Å²) in [5, 5.41) is 11.0. The fourth-order valence-corrected chi connectivity index (χ4v) is 3.43. The van der Waals surface area contributed by atoms with Gasteiger partial charge in [-0.1, -0.05) is 11.6 Å². The van der Waals surface area contributed by atoms with Gasteiger partial charge in [0.25, 0.3) is 0 Å². The molecule has 0 spiro atoms. The maximum atomic E-state index is 10.5. The van der Waals surface area contributed by atoms with Gasteiger partial charge in [-0.15, -0.1) is 0 Å². The zero-order valence-electron chi connectivity index (χ0n) is 13.0. The standard InChI is InChI=1S/C14H23ClN6O/c1-9-12(15)13(18-14(16)17-9)21-7-10(11(22)8-21)20-5-3-19(2)4-6-20/h10-11,22H,3-8H2,1-2H3,(H2,16,17,18)/t10-,11-/m0/s1. The third-order valence-electron chi connectivity index (χ3n) is 4.58. The van der Waals surface area contributed by atoms with Crippen molar-refractivity contribution in [3.05, 3.63) is 10.7 Å². The third-order valence-corrected chi connectivity index (χ3v) is 5.02. The van der Waals surface area contributed by atoms with Gasteiger partial charge in [0.1, 0.15) is 5.02 Å². The molecule has 2 saturated heterocycles. The molecule has 3 N–H and O–H groups in total. The molecule has 3 rings (SSSR count). The molecule has 0 aliphatic carbocycles. The minimum absolute atomic E-state index is 0.112. The highest BCUT2D eigenvalue weighted by Gasteiger charge is 2.37. The van der Waals surface area contributed by atoms with Crippen molar-refractivity contribution in [2.75, 3.05) is 56.9 Å². The quantitative estimate of drug-likeness (QED) is 0.780. The molecule has 2 atom stereocenters. The van der Waals surface area contributed by atoms with E-state index in [9.17, 15) is 5.11 Å². The van der Waals surface area contributed by atoms with Crippen LogP contribution in [0.15, 0.2) is 0 Å². The second-order valence-electron chi connectivity index (χ2n) is 6.18. The minimum Gasteiger partial charge on any atom is -0.390 e. The molecule has 0 aromatic carbocycles. The monoisotopic (exact) mass is 326 g/mol. The highest BCUT2D eigenvalue weighted by molar-refractivity contribution is 6.33. The lowest BCUT2D eigenvalue weighted by Gasteiger charge is -2.37. The van der Waals surface area contributed by atoms with E-state index in [1.54, 1.807) is 0 Å². The molecule has 7 nitrogen and oxygen atoms in total. The molecule has 0 unspecified atom stereocenters. The summed E-state index contributed by atoms with van der Waals surface area (Å²) < 4.78 is 0. The van der Waals surface area contributed by atoms with E-state index in [1.807, 2.05) is 11.8 Å². The number of piperazine rings is 1. The zero-order chi connectivity index (χ0) is 15.9. The van der Waals surface area contributed by atoms with Gasteiger partial charge in [0.05, 0.1) is 17.8 Å². The Bertz CT molecular complexity index is 548. The summed E-state index contributed by atoms with van der Waals surface area (Å²) in [5.74, 6) is 0.844. The Hall–Kier alpha value is -1.15. The molecule has 2 aliphatic heterocycles. The lowest BCUT2D eigenvalue weighted by Crippen LogP contribution is -2.52. The average molecular weight is 327 g/mol. The molecule has 0 saturated carbocycles. The lowest BCUT2D eigenvalue weighted by atomic mass is 10.1. The van der Waals surface area contributed by atoms with Crippen LogP contribution in [0.3, 0.4) is 0 Å². The van der Waals surface area contributed by atoms with E-state index in [4.69, 9.17) is 17.3 Å². The largest absolute Gasteiger partial charge is 0.390 e. The van der Waals surface area contributed by atoms with Crippen LogP contribution in [0.1, 0.15) is 5.69 Å². The lowest BCUT2D eigenvalue weighted by molar-refractivity contribution is 0.0512. The third kappa shape index (κ3) is 2.99. The topological polar surface area (TPSA) is 81.7 Å². The average Bonchev–Trinajstić information content (AvgIpc) is 2.85. The molecule has 0 amide bonds. The number of nitrogen functional groups attached to an aromatic ring is 1. The predicted octanol–water partition coefficient (Wildman–Crippen LogP) is -0.182. The summed E-state index contributed by atoms with van der Waals surface area (Å²) in [4.78, 5) is 15.0. The molecule has 8 heteroatoms. The molecule has 2 aliphatic rings. The molecule has 22 heavy (non-hydrogen) atoms. The maximum absolute atomic E-state index is 10.5. The summed E-state index contributed by atoms with van der Waals surface area (Å²) in [7, 11) is 2.13. The van der Waals surface area contributed by atoms with Crippen molar-refractivity contribution in [2.24, 2.45) is 0 Å². The number of likely N-dealkylation sites (N-methyl/N-ethyl adjacent to an activating group) is 1. The minimum atomic E-state index is -0.407. The number of nitrogens with zero attached hydrogens (tertiary/aromatic N) is 5. The van der Waals surface area contributed by atoms with E-state index >= 15 is 0 Å². The van der Waals surface area contributed by atoms with Gasteiger partial charge >= 0.3 is 0 Å². The Morgan fingerprint density at radius 1 is 1.18 bits per heavy atom. The van der Waals surface area contributed by atoms with Gasteiger partial charge in [0.15, 0.2) is 5.82 Å². The summed E-state index contributed by atoms with van der Waals surface area (Å²) >= 11 is 6.32. The number of aromatic nitrogens is 2. The van der Waals surface area contributed by atoms with Crippen molar-refractivity contribution >= 4 is 23.4 Å². The molecule has 122 valence electrons. The molecule has 2 fully saturated rings. The van der Waals surface area contributed by atoms with E-state index in [1.165, 1.54) is 0 Å². The summed E-state index contributed by atoms with van der Waals surface area (Å²) in [5.41, 5.74) is 6.41. The second kappa shape index (κ2) is 6.16. The highest BCUT2D eigenvalue weighted by atomic mass is 35.5. The van der Waals surface area contributed by atoms with E-state index in [0.29, 0.717) is 29.6 Å². The number of nitrogens with two attached hydrogens (primary N) is 1. The molecule has 0 radical (unpaired) electrons. The van der Waals surface area contributed by atoms with Crippen LogP contribution in [0, 0.1) is 6.92 Å². The number of halogens is 1. The Morgan fingerprint density at radius 3 is 2.55 bits per heavy atom. The molecule has 1 aromatic heterocycles. The predicted molar refractivity (Wildman–Crippen MR) is 87.3 cm³/mol. The molecular weight excluding hydrogens is 304 g/mol. The number of anilines is 2. The molecule has 1 aromatic rings. The van der Waals surface area contributed by atoms with Crippen LogP contribution in [0.5, 0.6) is 0 Å². The van der Waals surface area contributed by atoms with Crippen molar-refractivity contribution in [1.29, 1.82) is 0 Å². The van der Waals surface area contributed by atoms with E-state index in [0.717, 1.165) is 26.2 Å². The van der Waals surface area contributed by atoms with E-state index in [-0.39, 0.29) is 12.0 Å². The van der Waals surface area contributed by atoms with Crippen molar-refractivity contribution in [3.8, 4) is 0 Å². The van der Waals surface area contributed by atoms with Gasteiger partial charge in [0, 0.05) is 39.3 Å². The van der Waals surface area contributed by atoms with Crippen LogP contribution in [-0.4, -0.2) is 83.3 Å². The van der Waals surface area contributed by atoms with Crippen LogP contribution >= 0.6 is 11.6 Å². The van der Waals surface area contributed by atoms with E-state index in [2.05, 4.69) is 26.8 Å². The van der Waals surface area contributed by atoms with Crippen molar-refractivity contribution in [1.82, 2.24) is 19.8 Å². The number of rotatable bonds is 2. The first-order valence-corrected chi connectivity index (χ1v) is 7.98. The van der Waals surface area contributed by atoms with E-state index < -0.39 is 6.10 Å². The van der Waals surface area contributed by atoms with Gasteiger partial charge in [0.2, 0.25) is 5.95 Å². The van der Waals surface area contributed by atoms with Crippen molar-refractivity contribution < 1.29 is 5.11 Å². The first-order chi connectivity index (χ1) is 10.5. The first kappa shape index (κ1) is 15.7. The molecule has 0 bridgehead atoms. The Labute approximate surface area is 135 Å². The summed E-state index contributed by atoms with van der Waals surface area (Å²) in [6.45, 7) is 7.06. The van der Waals surface area contributed by atoms with Crippen molar-refractivity contribution in [3.63, 3.8) is 0 Å². The smallest absolute Gasteiger partial charge is 0.222 e. The van der Waals surface area contributed by atoms with Crippen LogP contribution < -0.4 is 10.6 Å². The van der Waals surface area contributed by atoms with Gasteiger partial charge in [-0.3, -0.25) is 4.90 Å². The first-order valence-electron chi connectivity index (χ1n) is 7.61. The number of hydrogen-bond acceptors (Lipinski definition) is 7. The number of aryl methyl sites for hydroxylation is 1. The molecule has 3 heterocycles. The normalized spacial score (nSPS) is 27.5. The van der Waals surface area contributed by atoms with Gasteiger partial charge < -0.3 is 20.6 Å². The van der Waals surface area contributed by atoms with Crippen molar-refractivity contribution in [2.45, 2.75) is 19.1 Å². The Morgan fingerprint density at radius 2 is 1.86 bits per heavy atom. The van der Waals surface area contributed by atoms with Gasteiger partial charge in [-0.25, -0.2) is 4.98 Å². The fraction of sp³-hybridized carbons (Fsp3) is 0.714. The maximum Gasteiger partial charge on any atom is 0.222 e. The highest BCUT2D eigenvalue weighted by Crippen LogP contribution is 2.30. The van der Waals surface area contributed by atoms with Crippen LogP contribution in [0.2, 0.25) is 5.02 Å². The summed E-state index contributed by atoms with van der Waals surface area (Å²) in [6.07, 6.45) is -0.407. The van der Waals surface area contributed by atoms with Gasteiger partial charge in [-0.2, -0.15) is 4.98 Å². The summed E-state index contributed by atoms with van der Waals surface area (Å²) in [6, 6.07) is 0.112. The number of β-amino-alcohol motifs (C(OH)–C–C–N with tert-alkyl or cyclic N) is 1. The van der Waals surface area contributed by atoms with Crippen LogP contribution in [-0.2, 0) is 0 Å². The number of aliphatic hydroxyl groups excluding tert-OH is 1. The second-order valence-corrected chi connectivity index (χ2v) is 6.56.